The first-order valence-electron chi connectivity index (χ1n) is 9.47. The van der Waals surface area contributed by atoms with E-state index in [-0.39, 0.29) is 6.04 Å². The van der Waals surface area contributed by atoms with Gasteiger partial charge in [0.15, 0.2) is 0 Å². The predicted octanol–water partition coefficient (Wildman–Crippen LogP) is 1.78. The van der Waals surface area contributed by atoms with E-state index in [1.807, 2.05) is 4.90 Å². The molecule has 0 aromatic rings. The average Bonchev–Trinajstić information content (AvgIpc) is 3.05. The standard InChI is InChI=1S/C18H32N2O3/c1-2-7-18(22)8-11-19(12-9-18)17(21)16-4-3-10-20(16)15-5-13-23-14-6-15/h15-16,22H,2-14H2,1H3. The molecule has 3 aliphatic rings. The van der Waals surface area contributed by atoms with Crippen molar-refractivity contribution in [2.24, 2.45) is 0 Å². The summed E-state index contributed by atoms with van der Waals surface area (Å²) in [5.41, 5.74) is -0.540. The van der Waals surface area contributed by atoms with Gasteiger partial charge in [-0.1, -0.05) is 13.3 Å². The van der Waals surface area contributed by atoms with Gasteiger partial charge >= 0.3 is 0 Å². The quantitative estimate of drug-likeness (QED) is 0.856. The Bertz CT molecular complexity index is 401. The van der Waals surface area contributed by atoms with Crippen LogP contribution in [-0.2, 0) is 9.53 Å². The molecule has 0 aromatic heterocycles. The molecule has 0 saturated carbocycles. The third kappa shape index (κ3) is 3.89. The van der Waals surface area contributed by atoms with Crippen molar-refractivity contribution < 1.29 is 14.6 Å². The molecule has 0 spiro atoms. The molecule has 1 amide bonds. The van der Waals surface area contributed by atoms with E-state index >= 15 is 0 Å². The Morgan fingerprint density at radius 3 is 2.52 bits per heavy atom. The smallest absolute Gasteiger partial charge is 0.239 e. The molecular formula is C18H32N2O3. The number of carbonyl (C=O) groups is 1. The number of piperidine rings is 1. The molecule has 3 fully saturated rings. The van der Waals surface area contributed by atoms with Gasteiger partial charge in [0.05, 0.1) is 11.6 Å². The van der Waals surface area contributed by atoms with Crippen molar-refractivity contribution >= 4 is 5.91 Å². The molecule has 0 aromatic carbocycles. The molecule has 5 nitrogen and oxygen atoms in total. The maximum absolute atomic E-state index is 13.0. The van der Waals surface area contributed by atoms with Crippen molar-refractivity contribution in [3.63, 3.8) is 0 Å². The molecule has 132 valence electrons. The number of hydrogen-bond acceptors (Lipinski definition) is 4. The third-order valence-electron chi connectivity index (χ3n) is 5.96. The van der Waals surface area contributed by atoms with E-state index in [1.54, 1.807) is 0 Å². The number of amides is 1. The second kappa shape index (κ2) is 7.49. The molecular weight excluding hydrogens is 292 g/mol. The van der Waals surface area contributed by atoms with Gasteiger partial charge in [0.25, 0.3) is 0 Å². The van der Waals surface area contributed by atoms with E-state index in [9.17, 15) is 9.90 Å². The summed E-state index contributed by atoms with van der Waals surface area (Å²) in [5, 5.41) is 10.5. The Kier molecular flexibility index (Phi) is 5.60. The molecule has 3 heterocycles. The second-order valence-corrected chi connectivity index (χ2v) is 7.54. The molecule has 3 saturated heterocycles. The third-order valence-corrected chi connectivity index (χ3v) is 5.96. The topological polar surface area (TPSA) is 53.0 Å². The number of rotatable bonds is 4. The number of likely N-dealkylation sites (tertiary alicyclic amines) is 2. The van der Waals surface area contributed by atoms with E-state index < -0.39 is 5.60 Å². The molecule has 0 radical (unpaired) electrons. The van der Waals surface area contributed by atoms with Crippen LogP contribution in [0.1, 0.15) is 58.3 Å². The van der Waals surface area contributed by atoms with Crippen LogP contribution in [-0.4, -0.2) is 71.3 Å². The van der Waals surface area contributed by atoms with Gasteiger partial charge in [-0.2, -0.15) is 0 Å². The van der Waals surface area contributed by atoms with Crippen LogP contribution in [0.2, 0.25) is 0 Å². The maximum atomic E-state index is 13.0. The number of nitrogens with zero attached hydrogens (tertiary/aromatic N) is 2. The second-order valence-electron chi connectivity index (χ2n) is 7.54. The molecule has 0 bridgehead atoms. The molecule has 1 unspecified atom stereocenters. The van der Waals surface area contributed by atoms with Crippen molar-refractivity contribution in [2.45, 2.75) is 76.0 Å². The van der Waals surface area contributed by atoms with Crippen molar-refractivity contribution in [3.05, 3.63) is 0 Å². The first-order valence-corrected chi connectivity index (χ1v) is 9.47. The van der Waals surface area contributed by atoms with Crippen molar-refractivity contribution in [1.29, 1.82) is 0 Å². The summed E-state index contributed by atoms with van der Waals surface area (Å²) < 4.78 is 5.47. The Morgan fingerprint density at radius 2 is 1.87 bits per heavy atom. The number of aliphatic hydroxyl groups is 1. The fourth-order valence-electron chi connectivity index (χ4n) is 4.58. The number of ether oxygens (including phenoxy) is 1. The van der Waals surface area contributed by atoms with Crippen LogP contribution in [0.3, 0.4) is 0 Å². The van der Waals surface area contributed by atoms with E-state index in [0.29, 0.717) is 25.0 Å². The summed E-state index contributed by atoms with van der Waals surface area (Å²) in [6.45, 7) is 6.25. The van der Waals surface area contributed by atoms with Crippen LogP contribution in [0.25, 0.3) is 0 Å². The molecule has 1 N–H and O–H groups in total. The lowest BCUT2D eigenvalue weighted by molar-refractivity contribution is -0.141. The molecule has 23 heavy (non-hydrogen) atoms. The van der Waals surface area contributed by atoms with Gasteiger partial charge < -0.3 is 14.7 Å². The molecule has 5 heteroatoms. The number of hydrogen-bond donors (Lipinski definition) is 1. The van der Waals surface area contributed by atoms with Crippen molar-refractivity contribution in [3.8, 4) is 0 Å². The van der Waals surface area contributed by atoms with Gasteiger partial charge in [0, 0.05) is 32.3 Å². The lowest BCUT2D eigenvalue weighted by atomic mass is 9.87. The summed E-state index contributed by atoms with van der Waals surface area (Å²) in [4.78, 5) is 17.4. The van der Waals surface area contributed by atoms with Crippen LogP contribution in [0.4, 0.5) is 0 Å². The lowest BCUT2D eigenvalue weighted by Gasteiger charge is -2.41. The fraction of sp³-hybridized carbons (Fsp3) is 0.944. The highest BCUT2D eigenvalue weighted by atomic mass is 16.5. The van der Waals surface area contributed by atoms with E-state index in [0.717, 1.165) is 71.1 Å². The minimum Gasteiger partial charge on any atom is -0.390 e. The van der Waals surface area contributed by atoms with Gasteiger partial charge in [0.2, 0.25) is 5.91 Å². The normalized spacial score (nSPS) is 29.8. The Morgan fingerprint density at radius 1 is 1.17 bits per heavy atom. The van der Waals surface area contributed by atoms with Gasteiger partial charge in [-0.25, -0.2) is 0 Å². The minimum absolute atomic E-state index is 0.0652. The fourth-order valence-corrected chi connectivity index (χ4v) is 4.58. The van der Waals surface area contributed by atoms with Crippen LogP contribution >= 0.6 is 0 Å². The average molecular weight is 324 g/mol. The van der Waals surface area contributed by atoms with Gasteiger partial charge in [-0.3, -0.25) is 9.69 Å². The zero-order valence-corrected chi connectivity index (χ0v) is 14.5. The Hall–Kier alpha value is -0.650. The van der Waals surface area contributed by atoms with Crippen molar-refractivity contribution in [2.75, 3.05) is 32.8 Å². The van der Waals surface area contributed by atoms with Crippen LogP contribution < -0.4 is 0 Å². The molecule has 3 rings (SSSR count). The Labute approximate surface area is 140 Å². The maximum Gasteiger partial charge on any atom is 0.239 e. The van der Waals surface area contributed by atoms with Gasteiger partial charge in [-0.15, -0.1) is 0 Å². The summed E-state index contributed by atoms with van der Waals surface area (Å²) in [6, 6.07) is 0.581. The SMILES string of the molecule is CCCC1(O)CCN(C(=O)C2CCCN2C2CCOCC2)CC1. The van der Waals surface area contributed by atoms with Crippen LogP contribution in [0.5, 0.6) is 0 Å². The first-order chi connectivity index (χ1) is 11.1. The Balaban J connectivity index is 1.57. The zero-order chi connectivity index (χ0) is 16.3. The predicted molar refractivity (Wildman–Crippen MR) is 89.2 cm³/mol. The lowest BCUT2D eigenvalue weighted by Crippen LogP contribution is -2.54. The van der Waals surface area contributed by atoms with E-state index in [4.69, 9.17) is 4.74 Å². The van der Waals surface area contributed by atoms with E-state index in [1.165, 1.54) is 0 Å². The number of carbonyl (C=O) groups excluding carboxylic acids is 1. The molecule has 1 atom stereocenters. The highest BCUT2D eigenvalue weighted by Crippen LogP contribution is 2.30. The van der Waals surface area contributed by atoms with Crippen molar-refractivity contribution in [1.82, 2.24) is 9.80 Å². The summed E-state index contributed by atoms with van der Waals surface area (Å²) in [5.74, 6) is 0.299. The molecule has 3 aliphatic heterocycles. The monoisotopic (exact) mass is 324 g/mol. The van der Waals surface area contributed by atoms with Crippen LogP contribution in [0, 0.1) is 0 Å². The van der Waals surface area contributed by atoms with Crippen LogP contribution in [0.15, 0.2) is 0 Å². The highest BCUT2D eigenvalue weighted by Gasteiger charge is 2.40. The van der Waals surface area contributed by atoms with Gasteiger partial charge in [-0.05, 0) is 51.5 Å². The molecule has 0 aliphatic carbocycles. The summed E-state index contributed by atoms with van der Waals surface area (Å²) in [6.07, 6.45) is 7.55. The van der Waals surface area contributed by atoms with Gasteiger partial charge in [0.1, 0.15) is 0 Å². The highest BCUT2D eigenvalue weighted by molar-refractivity contribution is 5.82. The zero-order valence-electron chi connectivity index (χ0n) is 14.5. The first kappa shape index (κ1) is 17.2. The summed E-state index contributed by atoms with van der Waals surface area (Å²) in [7, 11) is 0. The minimum atomic E-state index is -0.540. The largest absolute Gasteiger partial charge is 0.390 e. The van der Waals surface area contributed by atoms with E-state index in [2.05, 4.69) is 11.8 Å². The summed E-state index contributed by atoms with van der Waals surface area (Å²) >= 11 is 0.